The number of carbonyl (C=O) groups excluding carboxylic acids is 4. The Morgan fingerprint density at radius 1 is 0.905 bits per heavy atom. The van der Waals surface area contributed by atoms with Crippen LogP contribution in [0.3, 0.4) is 0 Å². The minimum Gasteiger partial charge on any atom is -0.508 e. The molecule has 1 aromatic carbocycles. The van der Waals surface area contributed by atoms with Crippen molar-refractivity contribution < 1.29 is 34.2 Å². The number of nitrogens with one attached hydrogen (secondary N) is 2. The van der Waals surface area contributed by atoms with E-state index in [1.807, 2.05) is 0 Å². The molecule has 2 saturated heterocycles. The zero-order valence-electron chi connectivity index (χ0n) is 22.6. The second kappa shape index (κ2) is 11.7. The summed E-state index contributed by atoms with van der Waals surface area (Å²) in [5.74, 6) is -2.71. The Balaban J connectivity index is 1.31. The van der Waals surface area contributed by atoms with E-state index in [0.717, 1.165) is 0 Å². The SMILES string of the molecule is C/C=C\C1=C(C(=O)O)N2C(=O)C(NC(=O)C3=C(/C=C\C)CSC4C(NC(=O)[C@H](N)c5ccc(O)cc5)C(=O)N34)C2SC1. The largest absolute Gasteiger partial charge is 0.508 e. The second-order valence-corrected chi connectivity index (χ2v) is 12.1. The summed E-state index contributed by atoms with van der Waals surface area (Å²) in [5.41, 5.74) is 7.61. The molecule has 220 valence electrons. The quantitative estimate of drug-likeness (QED) is 0.265. The number of amides is 4. The van der Waals surface area contributed by atoms with E-state index in [9.17, 15) is 34.2 Å². The average Bonchev–Trinajstić information content (AvgIpc) is 2.98. The molecule has 5 rings (SSSR count). The van der Waals surface area contributed by atoms with Crippen LogP contribution in [0.25, 0.3) is 0 Å². The molecule has 0 saturated carbocycles. The first-order valence-electron chi connectivity index (χ1n) is 13.1. The van der Waals surface area contributed by atoms with Gasteiger partial charge in [0.25, 0.3) is 17.7 Å². The minimum atomic E-state index is -1.22. The Kier molecular flexibility index (Phi) is 8.21. The fourth-order valence-corrected chi connectivity index (χ4v) is 7.88. The third-order valence-electron chi connectivity index (χ3n) is 7.27. The Morgan fingerprint density at radius 2 is 1.40 bits per heavy atom. The van der Waals surface area contributed by atoms with Gasteiger partial charge < -0.3 is 26.6 Å². The van der Waals surface area contributed by atoms with Gasteiger partial charge in [0.2, 0.25) is 5.91 Å². The van der Waals surface area contributed by atoms with Crippen molar-refractivity contribution in [2.24, 2.45) is 5.73 Å². The molecule has 4 amide bonds. The number of aliphatic carboxylic acids is 1. The maximum absolute atomic E-state index is 13.6. The first-order valence-corrected chi connectivity index (χ1v) is 15.2. The molecule has 42 heavy (non-hydrogen) atoms. The van der Waals surface area contributed by atoms with Crippen molar-refractivity contribution in [3.05, 3.63) is 76.7 Å². The van der Waals surface area contributed by atoms with Crippen LogP contribution in [0.15, 0.2) is 71.1 Å². The molecule has 12 nitrogen and oxygen atoms in total. The molecule has 14 heteroatoms. The van der Waals surface area contributed by atoms with Crippen molar-refractivity contribution in [1.82, 2.24) is 20.4 Å². The van der Waals surface area contributed by atoms with E-state index in [1.54, 1.807) is 38.2 Å². The van der Waals surface area contributed by atoms with Gasteiger partial charge in [-0.2, -0.15) is 0 Å². The maximum atomic E-state index is 13.6. The summed E-state index contributed by atoms with van der Waals surface area (Å²) >= 11 is 2.73. The third kappa shape index (κ3) is 4.99. The highest BCUT2D eigenvalue weighted by molar-refractivity contribution is 8.00. The highest BCUT2D eigenvalue weighted by Crippen LogP contribution is 2.43. The predicted octanol–water partition coefficient (Wildman–Crippen LogP) is 0.937. The molecular weight excluding hydrogens is 582 g/mol. The van der Waals surface area contributed by atoms with E-state index in [4.69, 9.17) is 5.73 Å². The van der Waals surface area contributed by atoms with Crippen molar-refractivity contribution in [2.75, 3.05) is 11.5 Å². The van der Waals surface area contributed by atoms with E-state index in [-0.39, 0.29) is 17.1 Å². The van der Waals surface area contributed by atoms with Gasteiger partial charge in [-0.25, -0.2) is 4.79 Å². The highest BCUT2D eigenvalue weighted by Gasteiger charge is 2.57. The van der Waals surface area contributed by atoms with Gasteiger partial charge in [-0.15, -0.1) is 23.5 Å². The Labute approximate surface area is 249 Å². The molecule has 4 aliphatic rings. The molecule has 0 aromatic heterocycles. The lowest BCUT2D eigenvalue weighted by molar-refractivity contribution is -0.151. The number of carboxylic acid groups (broad SMARTS) is 1. The molecule has 2 fully saturated rings. The van der Waals surface area contributed by atoms with Gasteiger partial charge in [0.1, 0.15) is 46.0 Å². The van der Waals surface area contributed by atoms with Gasteiger partial charge in [0.05, 0.1) is 0 Å². The zero-order valence-corrected chi connectivity index (χ0v) is 24.3. The molecule has 4 unspecified atom stereocenters. The summed E-state index contributed by atoms with van der Waals surface area (Å²) in [6.45, 7) is 3.53. The molecule has 1 aromatic rings. The number of carbonyl (C=O) groups is 5. The van der Waals surface area contributed by atoms with Crippen molar-refractivity contribution in [3.8, 4) is 5.75 Å². The lowest BCUT2D eigenvalue weighted by Gasteiger charge is -2.51. The number of aromatic hydroxyl groups is 1. The Hall–Kier alpha value is -4.01. The number of fused-ring (bicyclic) bond motifs is 2. The second-order valence-electron chi connectivity index (χ2n) is 9.88. The lowest BCUT2D eigenvalue weighted by atomic mass is 9.99. The number of hydrogen-bond donors (Lipinski definition) is 5. The summed E-state index contributed by atoms with van der Waals surface area (Å²) in [7, 11) is 0. The van der Waals surface area contributed by atoms with Crippen LogP contribution >= 0.6 is 23.5 Å². The minimum absolute atomic E-state index is 0.0277. The monoisotopic (exact) mass is 611 g/mol. The number of thioether (sulfide) groups is 2. The van der Waals surface area contributed by atoms with E-state index < -0.39 is 58.5 Å². The van der Waals surface area contributed by atoms with E-state index >= 15 is 0 Å². The molecule has 0 spiro atoms. The first kappa shape index (κ1) is 29.5. The molecule has 4 aliphatic heterocycles. The fraction of sp³-hybridized carbons (Fsp3) is 0.321. The zero-order chi connectivity index (χ0) is 30.3. The van der Waals surface area contributed by atoms with Gasteiger partial charge in [0, 0.05) is 11.5 Å². The number of nitrogens with zero attached hydrogens (tertiary/aromatic N) is 2. The van der Waals surface area contributed by atoms with Crippen LogP contribution in [0.1, 0.15) is 25.5 Å². The average molecular weight is 612 g/mol. The maximum Gasteiger partial charge on any atom is 0.352 e. The number of benzene rings is 1. The summed E-state index contributed by atoms with van der Waals surface area (Å²) in [4.78, 5) is 67.3. The summed E-state index contributed by atoms with van der Waals surface area (Å²) < 4.78 is 0. The fourth-order valence-electron chi connectivity index (χ4n) is 5.24. The summed E-state index contributed by atoms with van der Waals surface area (Å²) in [5, 5.41) is 23.5. The van der Waals surface area contributed by atoms with Crippen molar-refractivity contribution in [1.29, 1.82) is 0 Å². The van der Waals surface area contributed by atoms with Gasteiger partial charge in [-0.1, -0.05) is 36.4 Å². The van der Waals surface area contributed by atoms with Gasteiger partial charge in [-0.05, 0) is 42.7 Å². The molecule has 0 radical (unpaired) electrons. The van der Waals surface area contributed by atoms with E-state index in [1.165, 1.54) is 57.6 Å². The molecule has 5 atom stereocenters. The summed E-state index contributed by atoms with van der Waals surface area (Å²) in [6.07, 6.45) is 6.82. The van der Waals surface area contributed by atoms with E-state index in [0.29, 0.717) is 28.2 Å². The molecule has 6 N–H and O–H groups in total. The van der Waals surface area contributed by atoms with Crippen molar-refractivity contribution >= 4 is 53.1 Å². The van der Waals surface area contributed by atoms with Crippen LogP contribution in [-0.2, 0) is 24.0 Å². The molecule has 0 bridgehead atoms. The molecule has 0 aliphatic carbocycles. The number of β-lactam (4-membered cyclic amide) rings is 2. The van der Waals surface area contributed by atoms with Gasteiger partial charge in [0.15, 0.2) is 0 Å². The van der Waals surface area contributed by atoms with Gasteiger partial charge in [-0.3, -0.25) is 29.0 Å². The van der Waals surface area contributed by atoms with Crippen LogP contribution < -0.4 is 16.4 Å². The number of carboxylic acids is 1. The van der Waals surface area contributed by atoms with E-state index in [2.05, 4.69) is 10.6 Å². The van der Waals surface area contributed by atoms with Crippen LogP contribution in [0.4, 0.5) is 0 Å². The van der Waals surface area contributed by atoms with Crippen molar-refractivity contribution in [3.63, 3.8) is 0 Å². The first-order chi connectivity index (χ1) is 20.1. The lowest BCUT2D eigenvalue weighted by Crippen LogP contribution is -2.73. The molecular formula is C28H29N5O7S2. The highest BCUT2D eigenvalue weighted by atomic mass is 32.2. The number of nitrogens with two attached hydrogens (primary N) is 1. The summed E-state index contributed by atoms with van der Waals surface area (Å²) in [6, 6.07) is 2.90. The standard InChI is InChI=1S/C28H29N5O7S2/c1-3-5-14-11-41-26-18(30-22(35)17(29)13-7-9-16(34)10-8-13)24(37)32(26)20(14)23(36)31-19-25(38)33-21(28(39)40)15(6-4-2)12-42-27(19)33/h3-10,17-19,26-27,34H,11-12,29H2,1-2H3,(H,30,35)(H,31,36)(H,39,40)/b5-3-,6-4-/t17-,18?,19?,26?,27?/m1/s1. The Morgan fingerprint density at radius 3 is 1.93 bits per heavy atom. The van der Waals surface area contributed by atoms with Crippen molar-refractivity contribution in [2.45, 2.75) is 42.7 Å². The number of rotatable bonds is 8. The molecule has 4 heterocycles. The van der Waals surface area contributed by atoms with Crippen LogP contribution in [0.5, 0.6) is 5.75 Å². The predicted molar refractivity (Wildman–Crippen MR) is 156 cm³/mol. The smallest absolute Gasteiger partial charge is 0.352 e. The topological polar surface area (TPSA) is 182 Å². The normalized spacial score (nSPS) is 26.1. The number of phenols is 1. The number of allylic oxidation sites excluding steroid dienone is 4. The third-order valence-corrected chi connectivity index (χ3v) is 9.87. The Bertz CT molecular complexity index is 1490. The van der Waals surface area contributed by atoms with Gasteiger partial charge >= 0.3 is 5.97 Å². The van der Waals surface area contributed by atoms with Crippen LogP contribution in [0, 0.1) is 0 Å². The van der Waals surface area contributed by atoms with Crippen LogP contribution in [0.2, 0.25) is 0 Å². The number of hydrogen-bond acceptors (Lipinski definition) is 9. The number of phenolic OH excluding ortho intramolecular Hbond substituents is 1. The van der Waals surface area contributed by atoms with Crippen LogP contribution in [-0.4, -0.2) is 83.9 Å².